The van der Waals surface area contributed by atoms with Gasteiger partial charge in [-0.3, -0.25) is 5.10 Å². The third-order valence-corrected chi connectivity index (χ3v) is 6.37. The van der Waals surface area contributed by atoms with E-state index in [0.29, 0.717) is 22.4 Å². The van der Waals surface area contributed by atoms with Crippen LogP contribution in [0, 0.1) is 17.7 Å². The lowest BCUT2D eigenvalue weighted by Crippen LogP contribution is -2.15. The number of aliphatic carboxylic acids is 1. The Morgan fingerprint density at radius 1 is 0.971 bits per heavy atom. The van der Waals surface area contributed by atoms with Crippen LogP contribution in [0.25, 0.3) is 28.1 Å². The molecule has 0 bridgehead atoms. The van der Waals surface area contributed by atoms with E-state index in [1.54, 1.807) is 24.3 Å². The monoisotopic (exact) mass is 456 g/mol. The summed E-state index contributed by atoms with van der Waals surface area (Å²) in [5, 5.41) is 15.6. The summed E-state index contributed by atoms with van der Waals surface area (Å²) in [6, 6.07) is 20.2. The lowest BCUT2D eigenvalue weighted by molar-refractivity contribution is -0.131. The largest absolute Gasteiger partial charge is 0.478 e. The molecule has 1 aromatic heterocycles. The van der Waals surface area contributed by atoms with Crippen LogP contribution < -0.4 is 0 Å². The Labute approximate surface area is 195 Å². The number of fused-ring (bicyclic) bond motifs is 1. The number of hydrogen-bond donors (Lipinski definition) is 2. The zero-order chi connectivity index (χ0) is 23.7. The van der Waals surface area contributed by atoms with Gasteiger partial charge in [0, 0.05) is 11.6 Å². The van der Waals surface area contributed by atoms with Gasteiger partial charge in [-0.15, -0.1) is 5.10 Å². The van der Waals surface area contributed by atoms with Crippen molar-refractivity contribution in [3.05, 3.63) is 107 Å². The number of allylic oxidation sites excluding steroid dienone is 1. The number of carboxylic acid groups (broad SMARTS) is 1. The molecule has 4 nitrogen and oxygen atoms in total. The maximum absolute atomic E-state index is 15.1. The van der Waals surface area contributed by atoms with Gasteiger partial charge < -0.3 is 5.11 Å². The van der Waals surface area contributed by atoms with E-state index >= 15 is 4.39 Å². The molecule has 6 heteroatoms. The van der Waals surface area contributed by atoms with Gasteiger partial charge in [-0.2, -0.15) is 4.39 Å². The molecule has 0 unspecified atom stereocenters. The number of aromatic amines is 1. The second-order valence-electron chi connectivity index (χ2n) is 8.47. The number of carbonyl (C=O) groups is 1. The molecule has 1 fully saturated rings. The first kappa shape index (κ1) is 21.8. The molecule has 1 heterocycles. The summed E-state index contributed by atoms with van der Waals surface area (Å²) in [5.74, 6) is -1.95. The van der Waals surface area contributed by atoms with Crippen LogP contribution in [0.5, 0.6) is 0 Å². The highest BCUT2D eigenvalue weighted by Crippen LogP contribution is 2.45. The molecule has 0 saturated heterocycles. The first-order valence-corrected chi connectivity index (χ1v) is 11.2. The fraction of sp³-hybridized carbons (Fsp3) is 0.143. The van der Waals surface area contributed by atoms with Gasteiger partial charge in [0.2, 0.25) is 5.95 Å². The van der Waals surface area contributed by atoms with Crippen molar-refractivity contribution in [2.24, 2.45) is 5.92 Å². The molecule has 0 radical (unpaired) electrons. The molecule has 170 valence electrons. The van der Waals surface area contributed by atoms with Crippen LogP contribution in [0.2, 0.25) is 0 Å². The van der Waals surface area contributed by atoms with E-state index in [1.807, 2.05) is 36.4 Å². The molecule has 1 aliphatic rings. The predicted molar refractivity (Wildman–Crippen MR) is 129 cm³/mol. The number of aromatic nitrogens is 2. The van der Waals surface area contributed by atoms with Crippen LogP contribution in [-0.4, -0.2) is 21.3 Å². The van der Waals surface area contributed by atoms with Crippen LogP contribution in [0.15, 0.2) is 72.8 Å². The molecule has 1 aliphatic carbocycles. The fourth-order valence-electron chi connectivity index (χ4n) is 4.49. The van der Waals surface area contributed by atoms with E-state index in [4.69, 9.17) is 5.11 Å². The van der Waals surface area contributed by atoms with Gasteiger partial charge in [-0.1, -0.05) is 55.0 Å². The molecule has 0 spiro atoms. The molecule has 4 aromatic rings. The molecule has 0 atom stereocenters. The van der Waals surface area contributed by atoms with Crippen molar-refractivity contribution in [2.75, 3.05) is 0 Å². The van der Waals surface area contributed by atoms with E-state index in [2.05, 4.69) is 10.2 Å². The summed E-state index contributed by atoms with van der Waals surface area (Å²) < 4.78 is 29.4. The number of benzene rings is 3. The number of carboxylic acids is 1. The normalized spacial score (nSPS) is 14.9. The van der Waals surface area contributed by atoms with Crippen LogP contribution in [0.3, 0.4) is 0 Å². The summed E-state index contributed by atoms with van der Waals surface area (Å²) in [7, 11) is 0. The third kappa shape index (κ3) is 4.15. The van der Waals surface area contributed by atoms with Crippen molar-refractivity contribution in [1.82, 2.24) is 10.2 Å². The second kappa shape index (κ2) is 9.06. The van der Waals surface area contributed by atoms with Crippen molar-refractivity contribution < 1.29 is 18.7 Å². The molecule has 0 amide bonds. The van der Waals surface area contributed by atoms with Crippen molar-refractivity contribution in [3.63, 3.8) is 0 Å². The Bertz CT molecular complexity index is 1430. The van der Waals surface area contributed by atoms with Gasteiger partial charge in [0.25, 0.3) is 0 Å². The number of nitrogens with zero attached hydrogens (tertiary/aromatic N) is 1. The first-order valence-electron chi connectivity index (χ1n) is 11.2. The molecular weight excluding hydrogens is 434 g/mol. The highest BCUT2D eigenvalue weighted by molar-refractivity contribution is 6.01. The fourth-order valence-corrected chi connectivity index (χ4v) is 4.49. The summed E-state index contributed by atoms with van der Waals surface area (Å²) in [6.45, 7) is 0. The van der Waals surface area contributed by atoms with Gasteiger partial charge >= 0.3 is 5.97 Å². The van der Waals surface area contributed by atoms with Gasteiger partial charge in [0.05, 0.1) is 10.9 Å². The van der Waals surface area contributed by atoms with Crippen molar-refractivity contribution in [1.29, 1.82) is 0 Å². The molecule has 2 N–H and O–H groups in total. The quantitative estimate of drug-likeness (QED) is 0.251. The molecular formula is C28H22F2N2O2. The van der Waals surface area contributed by atoms with E-state index in [-0.39, 0.29) is 5.56 Å². The zero-order valence-corrected chi connectivity index (χ0v) is 18.3. The third-order valence-electron chi connectivity index (χ3n) is 6.37. The SMILES string of the molecule is O=C(O)C=Cc1ccc(C(=C(c2ccccc2)C2CCC2)c2ccc3[nH]nc(F)c3c2)cc1F. The maximum Gasteiger partial charge on any atom is 0.328 e. The van der Waals surface area contributed by atoms with Crippen LogP contribution in [0.1, 0.15) is 41.5 Å². The molecule has 1 saturated carbocycles. The van der Waals surface area contributed by atoms with Crippen LogP contribution in [0.4, 0.5) is 8.78 Å². The minimum atomic E-state index is -1.14. The smallest absolute Gasteiger partial charge is 0.328 e. The van der Waals surface area contributed by atoms with E-state index in [9.17, 15) is 9.18 Å². The summed E-state index contributed by atoms with van der Waals surface area (Å²) in [5.41, 5.74) is 5.18. The maximum atomic E-state index is 15.1. The first-order chi connectivity index (χ1) is 16.5. The summed E-state index contributed by atoms with van der Waals surface area (Å²) in [4.78, 5) is 10.9. The highest BCUT2D eigenvalue weighted by atomic mass is 19.1. The van der Waals surface area contributed by atoms with Crippen LogP contribution >= 0.6 is 0 Å². The van der Waals surface area contributed by atoms with E-state index < -0.39 is 17.7 Å². The summed E-state index contributed by atoms with van der Waals surface area (Å²) in [6.07, 6.45) is 5.32. The average Bonchev–Trinajstić information content (AvgIpc) is 3.17. The minimum Gasteiger partial charge on any atom is -0.478 e. The molecule has 0 aliphatic heterocycles. The number of rotatable bonds is 6. The van der Waals surface area contributed by atoms with Crippen molar-refractivity contribution >= 4 is 34.1 Å². The Morgan fingerprint density at radius 3 is 2.38 bits per heavy atom. The number of nitrogens with one attached hydrogen (secondary N) is 1. The lowest BCUT2D eigenvalue weighted by Gasteiger charge is -2.31. The highest BCUT2D eigenvalue weighted by Gasteiger charge is 2.27. The Kier molecular flexibility index (Phi) is 5.80. The van der Waals surface area contributed by atoms with E-state index in [0.717, 1.165) is 47.6 Å². The predicted octanol–water partition coefficient (Wildman–Crippen LogP) is 6.70. The number of hydrogen-bond acceptors (Lipinski definition) is 2. The van der Waals surface area contributed by atoms with E-state index in [1.165, 1.54) is 12.1 Å². The molecule has 3 aromatic carbocycles. The van der Waals surface area contributed by atoms with Crippen molar-refractivity contribution in [2.45, 2.75) is 19.3 Å². The van der Waals surface area contributed by atoms with Gasteiger partial charge in [0.1, 0.15) is 5.82 Å². The van der Waals surface area contributed by atoms with Gasteiger partial charge in [0.15, 0.2) is 0 Å². The Hall–Kier alpha value is -4.06. The number of H-pyrrole nitrogens is 1. The van der Waals surface area contributed by atoms with Gasteiger partial charge in [-0.05, 0) is 70.9 Å². The Balaban J connectivity index is 1.76. The standard InChI is InChI=1S/C28H22F2N2O2/c29-23-16-21(10-9-17(23)12-14-25(33)34)27(20-11-13-24-22(15-20)28(30)32-31-24)26(19-7-4-8-19)18-5-2-1-3-6-18/h1-3,5-6,9-16,19H,4,7-8H2,(H,31,32)(H,33,34). The zero-order valence-electron chi connectivity index (χ0n) is 18.3. The topological polar surface area (TPSA) is 66.0 Å². The lowest BCUT2D eigenvalue weighted by atomic mass is 9.73. The van der Waals surface area contributed by atoms with Gasteiger partial charge in [-0.25, -0.2) is 9.18 Å². The second-order valence-corrected chi connectivity index (χ2v) is 8.47. The average molecular weight is 456 g/mol. The minimum absolute atomic E-state index is 0.187. The molecule has 34 heavy (non-hydrogen) atoms. The number of halogens is 2. The molecule has 5 rings (SSSR count). The Morgan fingerprint density at radius 2 is 1.71 bits per heavy atom. The van der Waals surface area contributed by atoms with Crippen LogP contribution in [-0.2, 0) is 4.79 Å². The van der Waals surface area contributed by atoms with Crippen molar-refractivity contribution in [3.8, 4) is 0 Å². The summed E-state index contributed by atoms with van der Waals surface area (Å²) >= 11 is 0.